The lowest BCUT2D eigenvalue weighted by molar-refractivity contribution is -0.0429. The van der Waals surface area contributed by atoms with Crippen molar-refractivity contribution in [3.05, 3.63) is 0 Å². The van der Waals surface area contributed by atoms with Crippen LogP contribution in [0, 0.1) is 0 Å². The Bertz CT molecular complexity index is 23.6. The highest BCUT2D eigenvalue weighted by Gasteiger charge is 2.14. The standard InChI is InChI=1S/CBF3.2FH/c2-1(3,4)5;;/h;2*1H. The zero-order valence-electron chi connectivity index (χ0n) is 3.03. The van der Waals surface area contributed by atoms with Crippen molar-refractivity contribution >= 4 is 7.85 Å². The molecule has 0 aromatic heterocycles. The molecule has 0 nitrogen and oxygen atoms in total. The Labute approximate surface area is 37.8 Å². The Morgan fingerprint density at radius 3 is 1.00 bits per heavy atom. The van der Waals surface area contributed by atoms with Gasteiger partial charge in [-0.1, -0.05) is 0 Å². The van der Waals surface area contributed by atoms with Crippen LogP contribution in [0.4, 0.5) is 22.6 Å². The normalized spacial score (nSPS) is 8.43. The van der Waals surface area contributed by atoms with E-state index in [1.165, 1.54) is 0 Å². The third-order valence-corrected chi connectivity index (χ3v) is 0. The van der Waals surface area contributed by atoms with Crippen molar-refractivity contribution in [1.82, 2.24) is 0 Å². The van der Waals surface area contributed by atoms with Crippen molar-refractivity contribution in [2.24, 2.45) is 0 Å². The summed E-state index contributed by atoms with van der Waals surface area (Å²) in [6, 6.07) is 0. The number of hydrogen-bond donors (Lipinski definition) is 0. The summed E-state index contributed by atoms with van der Waals surface area (Å²) in [6.07, 6.45) is -4.50. The molecule has 0 fully saturated rings. The van der Waals surface area contributed by atoms with Crippen molar-refractivity contribution in [3.8, 4) is 0 Å². The molecule has 0 bridgehead atoms. The number of hydrogen-bond acceptors (Lipinski definition) is 0. The van der Waals surface area contributed by atoms with Crippen LogP contribution in [0.25, 0.3) is 0 Å². The number of halogens is 5. The predicted molar refractivity (Wildman–Crippen MR) is 16.8 cm³/mol. The molecule has 0 spiro atoms. The fourth-order valence-electron chi connectivity index (χ4n) is 0. The van der Waals surface area contributed by atoms with E-state index >= 15 is 0 Å². The molecule has 2 radical (unpaired) electrons. The van der Waals surface area contributed by atoms with Gasteiger partial charge in [0.15, 0.2) is 0 Å². The fraction of sp³-hybridized carbons (Fsp3) is 1.00. The molecule has 7 heavy (non-hydrogen) atoms. The van der Waals surface area contributed by atoms with Crippen LogP contribution in [0.15, 0.2) is 0 Å². The molecule has 0 amide bonds. The minimum absolute atomic E-state index is 0. The molecule has 0 aromatic carbocycles. The van der Waals surface area contributed by atoms with Crippen molar-refractivity contribution < 1.29 is 22.6 Å². The summed E-state index contributed by atoms with van der Waals surface area (Å²) < 4.78 is 30.4. The van der Waals surface area contributed by atoms with Crippen molar-refractivity contribution in [3.63, 3.8) is 0 Å². The molecule has 0 aliphatic heterocycles. The van der Waals surface area contributed by atoms with E-state index in [0.717, 1.165) is 0 Å². The smallest absolute Gasteiger partial charge is 0.269 e. The predicted octanol–water partition coefficient (Wildman–Crippen LogP) is 0.980. The molecule has 0 unspecified atom stereocenters. The summed E-state index contributed by atoms with van der Waals surface area (Å²) in [5.41, 5.74) is 0. The minimum Gasteiger partial charge on any atom is -0.269 e. The van der Waals surface area contributed by atoms with Gasteiger partial charge in [-0.25, -0.2) is 0 Å². The average molecular weight is 120 g/mol. The van der Waals surface area contributed by atoms with Crippen LogP contribution < -0.4 is 0 Å². The van der Waals surface area contributed by atoms with E-state index in [0.29, 0.717) is 0 Å². The van der Waals surface area contributed by atoms with Gasteiger partial charge in [0.1, 0.15) is 0 Å². The lowest BCUT2D eigenvalue weighted by Crippen LogP contribution is -2.03. The Morgan fingerprint density at radius 2 is 1.00 bits per heavy atom. The molecule has 0 aliphatic carbocycles. The molecular formula is CH2BF5. The van der Waals surface area contributed by atoms with E-state index in [9.17, 15) is 13.2 Å². The Kier molecular flexibility index (Phi) is 8.83. The van der Waals surface area contributed by atoms with Crippen LogP contribution >= 0.6 is 0 Å². The van der Waals surface area contributed by atoms with Gasteiger partial charge >= 0.3 is 6.08 Å². The minimum atomic E-state index is -4.50. The first-order valence-corrected chi connectivity index (χ1v) is 0.856. The zero-order chi connectivity index (χ0) is 4.50. The van der Waals surface area contributed by atoms with E-state index in [-0.39, 0.29) is 9.41 Å². The molecule has 6 heteroatoms. The van der Waals surface area contributed by atoms with Gasteiger partial charge in [-0.15, -0.1) is 0 Å². The molecule has 0 saturated heterocycles. The quantitative estimate of drug-likeness (QED) is 0.330. The summed E-state index contributed by atoms with van der Waals surface area (Å²) in [5.74, 6) is 0. The van der Waals surface area contributed by atoms with Crippen LogP contribution in [0.2, 0.25) is 0 Å². The van der Waals surface area contributed by atoms with E-state index in [1.807, 2.05) is 0 Å². The maximum absolute atomic E-state index is 10.1. The van der Waals surface area contributed by atoms with Gasteiger partial charge in [-0.3, -0.25) is 9.41 Å². The van der Waals surface area contributed by atoms with E-state index in [4.69, 9.17) is 0 Å². The summed E-state index contributed by atoms with van der Waals surface area (Å²) >= 11 is 0. The number of alkyl halides is 3. The molecule has 0 N–H and O–H groups in total. The molecule has 0 aliphatic rings. The van der Waals surface area contributed by atoms with Gasteiger partial charge in [0.2, 0.25) is 7.85 Å². The summed E-state index contributed by atoms with van der Waals surface area (Å²) in [7, 11) is 3.35. The molecule has 0 aromatic rings. The van der Waals surface area contributed by atoms with Gasteiger partial charge in [-0.05, 0) is 0 Å². The van der Waals surface area contributed by atoms with Gasteiger partial charge in [0.05, 0.1) is 0 Å². The summed E-state index contributed by atoms with van der Waals surface area (Å²) in [6.45, 7) is 0. The first-order chi connectivity index (χ1) is 2.00. The Balaban J connectivity index is -0.0000000800. The molecular weight excluding hydrogens is 118 g/mol. The lowest BCUT2D eigenvalue weighted by atomic mass is 10.2. The van der Waals surface area contributed by atoms with E-state index < -0.39 is 6.08 Å². The molecule has 0 heterocycles. The van der Waals surface area contributed by atoms with Crippen molar-refractivity contribution in [1.29, 1.82) is 0 Å². The van der Waals surface area contributed by atoms with Crippen LogP contribution in [-0.2, 0) is 0 Å². The second-order valence-corrected chi connectivity index (χ2v) is 0.542. The van der Waals surface area contributed by atoms with Crippen LogP contribution in [0.3, 0.4) is 0 Å². The first-order valence-electron chi connectivity index (χ1n) is 0.856. The maximum Gasteiger partial charge on any atom is 0.331 e. The van der Waals surface area contributed by atoms with Gasteiger partial charge in [0, 0.05) is 0 Å². The molecule has 44 valence electrons. The second-order valence-electron chi connectivity index (χ2n) is 0.542. The molecule has 0 atom stereocenters. The van der Waals surface area contributed by atoms with Crippen LogP contribution in [0.1, 0.15) is 0 Å². The largest absolute Gasteiger partial charge is 0.331 e. The Hall–Kier alpha value is -0.285. The molecule has 0 saturated carbocycles. The van der Waals surface area contributed by atoms with E-state index in [1.54, 1.807) is 0 Å². The molecule has 0 rings (SSSR count). The van der Waals surface area contributed by atoms with Crippen molar-refractivity contribution in [2.45, 2.75) is 6.08 Å². The van der Waals surface area contributed by atoms with Gasteiger partial charge in [-0.2, -0.15) is 13.2 Å². The average Bonchev–Trinajstić information content (AvgIpc) is 0.722. The first kappa shape index (κ1) is 15.9. The lowest BCUT2D eigenvalue weighted by Gasteiger charge is -1.89. The highest BCUT2D eigenvalue weighted by molar-refractivity contribution is 6.11. The van der Waals surface area contributed by atoms with E-state index in [2.05, 4.69) is 7.85 Å². The third kappa shape index (κ3) is 971. The second kappa shape index (κ2) is 3.89. The SMILES string of the molecule is F.F.[B]C(F)(F)F. The highest BCUT2D eigenvalue weighted by Crippen LogP contribution is 2.05. The van der Waals surface area contributed by atoms with Crippen LogP contribution in [0.5, 0.6) is 0 Å². The van der Waals surface area contributed by atoms with Gasteiger partial charge < -0.3 is 0 Å². The fourth-order valence-corrected chi connectivity index (χ4v) is 0. The van der Waals surface area contributed by atoms with Gasteiger partial charge in [0.25, 0.3) is 0 Å². The highest BCUT2D eigenvalue weighted by atomic mass is 19.4. The van der Waals surface area contributed by atoms with Crippen molar-refractivity contribution in [2.75, 3.05) is 0 Å². The number of rotatable bonds is 0. The maximum atomic E-state index is 10.1. The third-order valence-electron chi connectivity index (χ3n) is 0. The van der Waals surface area contributed by atoms with Crippen LogP contribution in [-0.4, -0.2) is 13.9 Å². The topological polar surface area (TPSA) is 0 Å². The monoisotopic (exact) mass is 120 g/mol. The summed E-state index contributed by atoms with van der Waals surface area (Å²) in [5, 5.41) is 0. The zero-order valence-corrected chi connectivity index (χ0v) is 3.03. The Morgan fingerprint density at radius 1 is 1.00 bits per heavy atom. The summed E-state index contributed by atoms with van der Waals surface area (Å²) in [4.78, 5) is 0.